The van der Waals surface area contributed by atoms with Crippen LogP contribution < -0.4 is 0 Å². The topological polar surface area (TPSA) is 18.5 Å². The molecule has 0 bridgehead atoms. The Morgan fingerprint density at radius 1 is 0.929 bits per heavy atom. The zero-order chi connectivity index (χ0) is 11.0. The molecule has 2 unspecified atom stereocenters. The van der Waals surface area contributed by atoms with Crippen LogP contribution in [-0.2, 0) is 9.47 Å². The lowest BCUT2D eigenvalue weighted by molar-refractivity contribution is -0.0560. The van der Waals surface area contributed by atoms with E-state index in [0.717, 1.165) is 26.1 Å². The van der Waals surface area contributed by atoms with Crippen molar-refractivity contribution in [2.75, 3.05) is 13.2 Å². The Morgan fingerprint density at radius 2 is 1.29 bits per heavy atom. The Morgan fingerprint density at radius 3 is 1.57 bits per heavy atom. The lowest BCUT2D eigenvalue weighted by Crippen LogP contribution is -2.13. The summed E-state index contributed by atoms with van der Waals surface area (Å²) in [7, 11) is 0. The standard InChI is InChI=1S/C12H25O2/c1-6-10(3)8-13-12(5)14-9-11(4)7-2/h10-11H,6-9H2,1-5H3. The zero-order valence-electron chi connectivity index (χ0n) is 10.3. The maximum Gasteiger partial charge on any atom is 0.220 e. The highest BCUT2D eigenvalue weighted by Crippen LogP contribution is 2.11. The molecule has 2 nitrogen and oxygen atoms in total. The Kier molecular flexibility index (Phi) is 8.20. The molecule has 2 atom stereocenters. The molecule has 85 valence electrons. The fourth-order valence-electron chi connectivity index (χ4n) is 0.797. The molecular formula is C12H25O2. The molecule has 0 aliphatic carbocycles. The third-order valence-electron chi connectivity index (χ3n) is 2.54. The van der Waals surface area contributed by atoms with Crippen molar-refractivity contribution in [3.63, 3.8) is 0 Å². The van der Waals surface area contributed by atoms with E-state index < -0.39 is 0 Å². The van der Waals surface area contributed by atoms with Crippen LogP contribution in [0.25, 0.3) is 0 Å². The maximum atomic E-state index is 5.48. The largest absolute Gasteiger partial charge is 0.345 e. The first kappa shape index (κ1) is 13.9. The normalized spacial score (nSPS) is 15.9. The van der Waals surface area contributed by atoms with Crippen LogP contribution in [0.3, 0.4) is 0 Å². The molecule has 0 aromatic rings. The number of ether oxygens (including phenoxy) is 2. The van der Waals surface area contributed by atoms with Gasteiger partial charge in [-0.3, -0.25) is 0 Å². The average molecular weight is 201 g/mol. The van der Waals surface area contributed by atoms with E-state index in [-0.39, 0.29) is 0 Å². The third-order valence-corrected chi connectivity index (χ3v) is 2.54. The van der Waals surface area contributed by atoms with E-state index in [4.69, 9.17) is 9.47 Å². The predicted molar refractivity (Wildman–Crippen MR) is 59.7 cm³/mol. The molecule has 0 aromatic heterocycles. The van der Waals surface area contributed by atoms with Gasteiger partial charge in [0.25, 0.3) is 0 Å². The van der Waals surface area contributed by atoms with Crippen LogP contribution in [-0.4, -0.2) is 13.2 Å². The summed E-state index contributed by atoms with van der Waals surface area (Å²) in [5.74, 6) is 1.22. The van der Waals surface area contributed by atoms with E-state index in [9.17, 15) is 0 Å². The van der Waals surface area contributed by atoms with E-state index in [1.54, 1.807) is 0 Å². The van der Waals surface area contributed by atoms with E-state index in [1.807, 2.05) is 6.92 Å². The minimum Gasteiger partial charge on any atom is -0.345 e. The van der Waals surface area contributed by atoms with Gasteiger partial charge in [0.15, 0.2) is 0 Å². The summed E-state index contributed by atoms with van der Waals surface area (Å²) in [6.45, 7) is 12.1. The molecule has 0 aliphatic rings. The molecule has 0 heterocycles. The Bertz CT molecular complexity index is 111. The van der Waals surface area contributed by atoms with Gasteiger partial charge in [-0.05, 0) is 18.8 Å². The summed E-state index contributed by atoms with van der Waals surface area (Å²) in [5.41, 5.74) is 0. The SMILES string of the molecule is CCC(C)CO[C](C)OCC(C)CC. The van der Waals surface area contributed by atoms with Gasteiger partial charge in [-0.25, -0.2) is 0 Å². The summed E-state index contributed by atoms with van der Waals surface area (Å²) in [6.07, 6.45) is 3.02. The van der Waals surface area contributed by atoms with Crippen molar-refractivity contribution in [1.29, 1.82) is 0 Å². The molecule has 2 heteroatoms. The second-order valence-corrected chi connectivity index (χ2v) is 4.14. The summed E-state index contributed by atoms with van der Waals surface area (Å²) in [4.78, 5) is 0. The third kappa shape index (κ3) is 7.34. The van der Waals surface area contributed by atoms with Gasteiger partial charge in [-0.15, -0.1) is 0 Å². The number of hydrogen-bond donors (Lipinski definition) is 0. The number of rotatable bonds is 8. The molecule has 0 saturated carbocycles. The molecule has 1 radical (unpaired) electrons. The second kappa shape index (κ2) is 8.25. The van der Waals surface area contributed by atoms with Crippen LogP contribution in [0.4, 0.5) is 0 Å². The van der Waals surface area contributed by atoms with Crippen LogP contribution in [0.2, 0.25) is 0 Å². The van der Waals surface area contributed by atoms with Crippen molar-refractivity contribution in [2.45, 2.75) is 47.5 Å². The maximum absolute atomic E-state index is 5.48. The van der Waals surface area contributed by atoms with Crippen molar-refractivity contribution in [3.8, 4) is 0 Å². The Balaban J connectivity index is 3.40. The van der Waals surface area contributed by atoms with Crippen LogP contribution in [0.5, 0.6) is 0 Å². The highest BCUT2D eigenvalue weighted by Gasteiger charge is 2.08. The molecule has 0 spiro atoms. The first-order chi connectivity index (χ1) is 6.60. The first-order valence-corrected chi connectivity index (χ1v) is 5.69. The summed E-state index contributed by atoms with van der Waals surface area (Å²) in [6, 6.07) is 0. The van der Waals surface area contributed by atoms with Crippen molar-refractivity contribution in [3.05, 3.63) is 6.29 Å². The van der Waals surface area contributed by atoms with Gasteiger partial charge >= 0.3 is 0 Å². The average Bonchev–Trinajstić information content (AvgIpc) is 2.22. The minimum absolute atomic E-state index is 0.608. The van der Waals surface area contributed by atoms with E-state index >= 15 is 0 Å². The van der Waals surface area contributed by atoms with Gasteiger partial charge in [0.05, 0.1) is 13.2 Å². The minimum atomic E-state index is 0.608. The van der Waals surface area contributed by atoms with E-state index in [1.165, 1.54) is 0 Å². The predicted octanol–water partition coefficient (Wildman–Crippen LogP) is 3.62. The molecule has 0 saturated heterocycles. The summed E-state index contributed by atoms with van der Waals surface area (Å²) in [5, 5.41) is 0. The highest BCUT2D eigenvalue weighted by atomic mass is 16.7. The van der Waals surface area contributed by atoms with Crippen molar-refractivity contribution in [2.24, 2.45) is 11.8 Å². The lowest BCUT2D eigenvalue weighted by Gasteiger charge is -2.17. The van der Waals surface area contributed by atoms with Crippen LogP contribution >= 0.6 is 0 Å². The fourth-order valence-corrected chi connectivity index (χ4v) is 0.797. The van der Waals surface area contributed by atoms with Gasteiger partial charge < -0.3 is 9.47 Å². The molecule has 0 aromatic carbocycles. The summed E-state index contributed by atoms with van der Waals surface area (Å²) >= 11 is 0. The molecular weight excluding hydrogens is 176 g/mol. The smallest absolute Gasteiger partial charge is 0.220 e. The lowest BCUT2D eigenvalue weighted by atomic mass is 10.1. The molecule has 0 N–H and O–H groups in total. The van der Waals surface area contributed by atoms with Gasteiger partial charge in [0.2, 0.25) is 6.29 Å². The molecule has 0 aliphatic heterocycles. The summed E-state index contributed by atoms with van der Waals surface area (Å²) < 4.78 is 11.0. The van der Waals surface area contributed by atoms with Gasteiger partial charge in [0.1, 0.15) is 0 Å². The molecule has 14 heavy (non-hydrogen) atoms. The van der Waals surface area contributed by atoms with Crippen LogP contribution in [0.15, 0.2) is 0 Å². The highest BCUT2D eigenvalue weighted by molar-refractivity contribution is 4.59. The van der Waals surface area contributed by atoms with Crippen molar-refractivity contribution < 1.29 is 9.47 Å². The molecule has 0 fully saturated rings. The van der Waals surface area contributed by atoms with Gasteiger partial charge in [-0.1, -0.05) is 40.5 Å². The molecule has 0 rings (SSSR count). The van der Waals surface area contributed by atoms with Crippen LogP contribution in [0.1, 0.15) is 47.5 Å². The van der Waals surface area contributed by atoms with E-state index in [2.05, 4.69) is 27.7 Å². The fraction of sp³-hybridized carbons (Fsp3) is 0.917. The number of hydrogen-bond acceptors (Lipinski definition) is 2. The zero-order valence-corrected chi connectivity index (χ0v) is 10.3. The van der Waals surface area contributed by atoms with E-state index in [0.29, 0.717) is 18.1 Å². The van der Waals surface area contributed by atoms with Gasteiger partial charge in [-0.2, -0.15) is 0 Å². The van der Waals surface area contributed by atoms with Crippen molar-refractivity contribution in [1.82, 2.24) is 0 Å². The quantitative estimate of drug-likeness (QED) is 0.597. The van der Waals surface area contributed by atoms with Gasteiger partial charge in [0, 0.05) is 0 Å². The Labute approximate surface area is 89.0 Å². The molecule has 0 amide bonds. The Hall–Kier alpha value is -0.0800. The second-order valence-electron chi connectivity index (χ2n) is 4.14. The van der Waals surface area contributed by atoms with Crippen molar-refractivity contribution >= 4 is 0 Å². The van der Waals surface area contributed by atoms with Crippen LogP contribution in [0, 0.1) is 18.1 Å². The monoisotopic (exact) mass is 201 g/mol. The first-order valence-electron chi connectivity index (χ1n) is 5.69.